The lowest BCUT2D eigenvalue weighted by atomic mass is 10.3. The topological polar surface area (TPSA) is 51.5 Å². The number of nitrogens with one attached hydrogen (secondary N) is 1. The van der Waals surface area contributed by atoms with Crippen LogP contribution < -0.4 is 10.1 Å². The Morgan fingerprint density at radius 3 is 2.86 bits per heavy atom. The summed E-state index contributed by atoms with van der Waals surface area (Å²) < 4.78 is 20.0. The van der Waals surface area contributed by atoms with E-state index in [9.17, 15) is 4.39 Å². The second-order valence-corrected chi connectivity index (χ2v) is 4.53. The number of aromatic nitrogens is 3. The van der Waals surface area contributed by atoms with Crippen molar-refractivity contribution in [1.82, 2.24) is 14.6 Å². The van der Waals surface area contributed by atoms with E-state index >= 15 is 0 Å². The van der Waals surface area contributed by atoms with Crippen molar-refractivity contribution in [3.8, 4) is 5.75 Å². The highest BCUT2D eigenvalue weighted by atomic mass is 19.1. The standard InChI is InChI=1S/C15H15FN4O/c16-12-7-8-14-18-15(19-20(14)11-12)17-9-4-10-21-13-5-2-1-3-6-13/h1-3,5-8,11H,4,9-10H2,(H,17,19). The zero-order valence-electron chi connectivity index (χ0n) is 11.4. The fourth-order valence-corrected chi connectivity index (χ4v) is 1.91. The molecular weight excluding hydrogens is 271 g/mol. The lowest BCUT2D eigenvalue weighted by molar-refractivity contribution is 0.315. The summed E-state index contributed by atoms with van der Waals surface area (Å²) in [6.45, 7) is 1.30. The van der Waals surface area contributed by atoms with Crippen molar-refractivity contribution in [2.75, 3.05) is 18.5 Å². The van der Waals surface area contributed by atoms with Gasteiger partial charge < -0.3 is 10.1 Å². The van der Waals surface area contributed by atoms with Gasteiger partial charge in [0.1, 0.15) is 11.6 Å². The number of pyridine rings is 1. The van der Waals surface area contributed by atoms with E-state index in [1.165, 1.54) is 16.8 Å². The lowest BCUT2D eigenvalue weighted by Gasteiger charge is -2.05. The van der Waals surface area contributed by atoms with Crippen LogP contribution in [0.25, 0.3) is 5.65 Å². The van der Waals surface area contributed by atoms with Gasteiger partial charge in [-0.1, -0.05) is 18.2 Å². The minimum atomic E-state index is -0.338. The number of benzene rings is 1. The van der Waals surface area contributed by atoms with E-state index in [0.717, 1.165) is 12.2 Å². The Morgan fingerprint density at radius 1 is 1.14 bits per heavy atom. The van der Waals surface area contributed by atoms with Gasteiger partial charge in [-0.05, 0) is 30.7 Å². The van der Waals surface area contributed by atoms with E-state index in [1.54, 1.807) is 6.07 Å². The summed E-state index contributed by atoms with van der Waals surface area (Å²) in [6.07, 6.45) is 2.12. The number of nitrogens with zero attached hydrogens (tertiary/aromatic N) is 3. The summed E-state index contributed by atoms with van der Waals surface area (Å²) in [6, 6.07) is 12.6. The minimum absolute atomic E-state index is 0.338. The summed E-state index contributed by atoms with van der Waals surface area (Å²) in [5.74, 6) is 1.01. The third kappa shape index (κ3) is 3.47. The number of hydrogen-bond acceptors (Lipinski definition) is 4. The molecule has 6 heteroatoms. The molecule has 0 unspecified atom stereocenters. The molecule has 0 bridgehead atoms. The Kier molecular flexibility index (Phi) is 3.95. The normalized spacial score (nSPS) is 10.7. The first-order chi connectivity index (χ1) is 10.3. The summed E-state index contributed by atoms with van der Waals surface area (Å²) in [4.78, 5) is 4.24. The molecule has 1 aromatic carbocycles. The average Bonchev–Trinajstić information content (AvgIpc) is 2.90. The number of anilines is 1. The van der Waals surface area contributed by atoms with Crippen LogP contribution in [0, 0.1) is 5.82 Å². The van der Waals surface area contributed by atoms with Crippen LogP contribution in [0.4, 0.5) is 10.3 Å². The molecule has 3 aromatic rings. The molecule has 2 aromatic heterocycles. The summed E-state index contributed by atoms with van der Waals surface area (Å²) in [7, 11) is 0. The third-order valence-corrected chi connectivity index (χ3v) is 2.91. The highest BCUT2D eigenvalue weighted by Crippen LogP contribution is 2.09. The van der Waals surface area contributed by atoms with Gasteiger partial charge in [0.15, 0.2) is 5.65 Å². The fraction of sp³-hybridized carbons (Fsp3) is 0.200. The second-order valence-electron chi connectivity index (χ2n) is 4.53. The maximum absolute atomic E-state index is 13.0. The maximum atomic E-state index is 13.0. The predicted octanol–water partition coefficient (Wildman–Crippen LogP) is 2.75. The Morgan fingerprint density at radius 2 is 2.00 bits per heavy atom. The van der Waals surface area contributed by atoms with Gasteiger partial charge in [-0.2, -0.15) is 4.98 Å². The molecule has 0 amide bonds. The Balaban J connectivity index is 1.46. The zero-order chi connectivity index (χ0) is 14.5. The first kappa shape index (κ1) is 13.4. The first-order valence-electron chi connectivity index (χ1n) is 6.75. The zero-order valence-corrected chi connectivity index (χ0v) is 11.4. The van der Waals surface area contributed by atoms with Gasteiger partial charge in [-0.15, -0.1) is 5.10 Å². The maximum Gasteiger partial charge on any atom is 0.243 e. The molecule has 1 N–H and O–H groups in total. The molecule has 0 aliphatic heterocycles. The molecule has 5 nitrogen and oxygen atoms in total. The average molecular weight is 286 g/mol. The van der Waals surface area contributed by atoms with Crippen molar-refractivity contribution in [2.45, 2.75) is 6.42 Å². The third-order valence-electron chi connectivity index (χ3n) is 2.91. The van der Waals surface area contributed by atoms with E-state index in [2.05, 4.69) is 15.4 Å². The molecule has 0 spiro atoms. The van der Waals surface area contributed by atoms with Crippen LogP contribution in [0.15, 0.2) is 48.7 Å². The summed E-state index contributed by atoms with van der Waals surface area (Å²) in [5.41, 5.74) is 0.611. The van der Waals surface area contributed by atoms with Crippen LogP contribution in [0.1, 0.15) is 6.42 Å². The van der Waals surface area contributed by atoms with E-state index in [4.69, 9.17) is 4.74 Å². The van der Waals surface area contributed by atoms with Crippen molar-refractivity contribution in [1.29, 1.82) is 0 Å². The van der Waals surface area contributed by atoms with Crippen LogP contribution in [0.2, 0.25) is 0 Å². The SMILES string of the molecule is Fc1ccc2nc(NCCCOc3ccccc3)nn2c1. The molecular formula is C15H15FN4O. The molecule has 0 aliphatic carbocycles. The van der Waals surface area contributed by atoms with Gasteiger partial charge >= 0.3 is 0 Å². The number of fused-ring (bicyclic) bond motifs is 1. The van der Waals surface area contributed by atoms with E-state index in [1.807, 2.05) is 30.3 Å². The van der Waals surface area contributed by atoms with Crippen LogP contribution in [-0.4, -0.2) is 27.7 Å². The van der Waals surface area contributed by atoms with Gasteiger partial charge in [-0.25, -0.2) is 8.91 Å². The predicted molar refractivity (Wildman–Crippen MR) is 78.0 cm³/mol. The van der Waals surface area contributed by atoms with E-state index in [-0.39, 0.29) is 5.82 Å². The molecule has 0 radical (unpaired) electrons. The van der Waals surface area contributed by atoms with Gasteiger partial charge in [0.25, 0.3) is 0 Å². The Labute approximate surface area is 121 Å². The summed E-state index contributed by atoms with van der Waals surface area (Å²) >= 11 is 0. The van der Waals surface area contributed by atoms with Crippen molar-refractivity contribution < 1.29 is 9.13 Å². The van der Waals surface area contributed by atoms with Gasteiger partial charge in [0.05, 0.1) is 12.8 Å². The van der Waals surface area contributed by atoms with Crippen LogP contribution >= 0.6 is 0 Å². The molecule has 0 atom stereocenters. The van der Waals surface area contributed by atoms with Gasteiger partial charge in [0.2, 0.25) is 5.95 Å². The molecule has 0 saturated heterocycles. The number of ether oxygens (including phenoxy) is 1. The molecule has 21 heavy (non-hydrogen) atoms. The number of halogens is 1. The Bertz CT molecular complexity index is 714. The van der Waals surface area contributed by atoms with E-state index in [0.29, 0.717) is 24.7 Å². The molecule has 108 valence electrons. The molecule has 0 fully saturated rings. The number of para-hydroxylation sites is 1. The smallest absolute Gasteiger partial charge is 0.243 e. The van der Waals surface area contributed by atoms with E-state index < -0.39 is 0 Å². The number of rotatable bonds is 6. The molecule has 3 rings (SSSR count). The molecule has 0 saturated carbocycles. The van der Waals surface area contributed by atoms with Crippen LogP contribution in [0.3, 0.4) is 0 Å². The van der Waals surface area contributed by atoms with Crippen LogP contribution in [0.5, 0.6) is 5.75 Å². The lowest BCUT2D eigenvalue weighted by Crippen LogP contribution is -2.08. The van der Waals surface area contributed by atoms with Crippen molar-refractivity contribution >= 4 is 11.6 Å². The summed E-state index contributed by atoms with van der Waals surface area (Å²) in [5, 5.41) is 7.24. The fourth-order valence-electron chi connectivity index (χ4n) is 1.91. The monoisotopic (exact) mass is 286 g/mol. The largest absolute Gasteiger partial charge is 0.494 e. The van der Waals surface area contributed by atoms with Crippen molar-refractivity contribution in [3.63, 3.8) is 0 Å². The molecule has 2 heterocycles. The number of hydrogen-bond donors (Lipinski definition) is 1. The second kappa shape index (κ2) is 6.21. The van der Waals surface area contributed by atoms with Crippen LogP contribution in [-0.2, 0) is 0 Å². The van der Waals surface area contributed by atoms with Crippen molar-refractivity contribution in [3.05, 3.63) is 54.5 Å². The highest BCUT2D eigenvalue weighted by molar-refractivity contribution is 5.42. The minimum Gasteiger partial charge on any atom is -0.494 e. The quantitative estimate of drug-likeness (QED) is 0.708. The Hall–Kier alpha value is -2.63. The van der Waals surface area contributed by atoms with Gasteiger partial charge in [-0.3, -0.25) is 0 Å². The first-order valence-corrected chi connectivity index (χ1v) is 6.75. The van der Waals surface area contributed by atoms with Crippen molar-refractivity contribution in [2.24, 2.45) is 0 Å². The highest BCUT2D eigenvalue weighted by Gasteiger charge is 2.03. The van der Waals surface area contributed by atoms with Gasteiger partial charge in [0, 0.05) is 6.54 Å². The molecule has 0 aliphatic rings.